The second-order valence-electron chi connectivity index (χ2n) is 4.38. The molecule has 0 aliphatic rings. The number of carbonyl (C=O) groups is 1. The molecule has 0 aliphatic carbocycles. The Hall–Kier alpha value is -1.89. The summed E-state index contributed by atoms with van der Waals surface area (Å²) in [5.41, 5.74) is 2.83. The van der Waals surface area contributed by atoms with Crippen molar-refractivity contribution in [1.29, 1.82) is 0 Å². The minimum absolute atomic E-state index is 0.167. The summed E-state index contributed by atoms with van der Waals surface area (Å²) in [4.78, 5) is 9.44. The van der Waals surface area contributed by atoms with Crippen LogP contribution in [0.3, 0.4) is 0 Å². The van der Waals surface area contributed by atoms with Gasteiger partial charge in [0, 0.05) is 0 Å². The molecule has 0 fully saturated rings. The Morgan fingerprint density at radius 2 is 1.00 bits per heavy atom. The Bertz CT molecular complexity index is 402. The van der Waals surface area contributed by atoms with Gasteiger partial charge in [0.1, 0.15) is 5.78 Å². The average Bonchev–Trinajstić information content (AvgIpc) is 2.38. The zero-order chi connectivity index (χ0) is 13.2. The molecule has 0 radical (unpaired) electrons. The van der Waals surface area contributed by atoms with E-state index in [0.717, 1.165) is 12.8 Å². The lowest BCUT2D eigenvalue weighted by molar-refractivity contribution is -0.114. The van der Waals surface area contributed by atoms with Crippen LogP contribution in [-0.2, 0) is 17.6 Å². The van der Waals surface area contributed by atoms with Crippen molar-refractivity contribution >= 4 is 5.78 Å². The van der Waals surface area contributed by atoms with Crippen LogP contribution in [0.15, 0.2) is 60.7 Å². The summed E-state index contributed by atoms with van der Waals surface area (Å²) in [6.45, 7) is 3.06. The fourth-order valence-corrected chi connectivity index (χ4v) is 1.58. The van der Waals surface area contributed by atoms with Gasteiger partial charge in [0.25, 0.3) is 0 Å². The molecule has 0 bridgehead atoms. The molecular weight excluding hydrogens is 220 g/mol. The van der Waals surface area contributed by atoms with Crippen LogP contribution in [0.5, 0.6) is 0 Å². The van der Waals surface area contributed by atoms with Gasteiger partial charge in [-0.2, -0.15) is 0 Å². The number of rotatable bonds is 3. The van der Waals surface area contributed by atoms with Gasteiger partial charge in [0.15, 0.2) is 0 Å². The number of ketones is 1. The van der Waals surface area contributed by atoms with Crippen LogP contribution in [0, 0.1) is 0 Å². The van der Waals surface area contributed by atoms with Gasteiger partial charge >= 0.3 is 0 Å². The number of hydrogen-bond acceptors (Lipinski definition) is 1. The topological polar surface area (TPSA) is 17.1 Å². The minimum Gasteiger partial charge on any atom is -0.300 e. The van der Waals surface area contributed by atoms with E-state index < -0.39 is 0 Å². The Morgan fingerprint density at radius 3 is 1.28 bits per heavy atom. The first-order valence-electron chi connectivity index (χ1n) is 6.23. The first-order valence-corrected chi connectivity index (χ1v) is 6.23. The third-order valence-electron chi connectivity index (χ3n) is 2.39. The largest absolute Gasteiger partial charge is 0.300 e. The normalized spacial score (nSPS) is 9.22. The van der Waals surface area contributed by atoms with Crippen molar-refractivity contribution in [2.75, 3.05) is 0 Å². The van der Waals surface area contributed by atoms with Gasteiger partial charge in [0.05, 0.1) is 0 Å². The maximum absolute atomic E-state index is 9.44. The zero-order valence-corrected chi connectivity index (χ0v) is 11.1. The highest BCUT2D eigenvalue weighted by molar-refractivity contribution is 5.72. The molecule has 0 aliphatic heterocycles. The van der Waals surface area contributed by atoms with Crippen LogP contribution in [0.2, 0.25) is 0 Å². The van der Waals surface area contributed by atoms with Gasteiger partial charge in [-0.1, -0.05) is 60.7 Å². The van der Waals surface area contributed by atoms with Gasteiger partial charge in [-0.25, -0.2) is 0 Å². The number of benzene rings is 2. The van der Waals surface area contributed by atoms with Crippen molar-refractivity contribution in [1.82, 2.24) is 0 Å². The molecule has 0 N–H and O–H groups in total. The van der Waals surface area contributed by atoms with E-state index in [1.807, 2.05) is 0 Å². The SMILES string of the molecule is CC(C)=O.c1ccc(CCc2ccccc2)cc1. The van der Waals surface area contributed by atoms with Crippen molar-refractivity contribution < 1.29 is 4.79 Å². The highest BCUT2D eigenvalue weighted by atomic mass is 16.1. The highest BCUT2D eigenvalue weighted by Gasteiger charge is 1.93. The Balaban J connectivity index is 0.000000357. The molecule has 18 heavy (non-hydrogen) atoms. The number of carbonyl (C=O) groups excluding carboxylic acids is 1. The molecule has 2 aromatic carbocycles. The molecular formula is C17H20O. The van der Waals surface area contributed by atoms with Crippen LogP contribution >= 0.6 is 0 Å². The van der Waals surface area contributed by atoms with Crippen LogP contribution < -0.4 is 0 Å². The molecule has 94 valence electrons. The van der Waals surface area contributed by atoms with E-state index >= 15 is 0 Å². The lowest BCUT2D eigenvalue weighted by Crippen LogP contribution is -1.89. The summed E-state index contributed by atoms with van der Waals surface area (Å²) >= 11 is 0. The Labute approximate surface area is 109 Å². The molecule has 2 aromatic rings. The molecule has 1 heteroatoms. The molecule has 0 atom stereocenters. The third kappa shape index (κ3) is 6.64. The number of hydrogen-bond donors (Lipinski definition) is 0. The predicted molar refractivity (Wildman–Crippen MR) is 76.6 cm³/mol. The summed E-state index contributed by atoms with van der Waals surface area (Å²) < 4.78 is 0. The fraction of sp³-hybridized carbons (Fsp3) is 0.235. The van der Waals surface area contributed by atoms with Crippen molar-refractivity contribution in [3.05, 3.63) is 71.8 Å². The first kappa shape index (κ1) is 14.2. The summed E-state index contributed by atoms with van der Waals surface area (Å²) in [5, 5.41) is 0. The second-order valence-corrected chi connectivity index (χ2v) is 4.38. The van der Waals surface area contributed by atoms with Crippen LogP contribution in [0.4, 0.5) is 0 Å². The van der Waals surface area contributed by atoms with Gasteiger partial charge in [0.2, 0.25) is 0 Å². The van der Waals surface area contributed by atoms with E-state index in [4.69, 9.17) is 0 Å². The van der Waals surface area contributed by atoms with E-state index in [1.165, 1.54) is 25.0 Å². The van der Waals surface area contributed by atoms with Gasteiger partial charge in [-0.15, -0.1) is 0 Å². The molecule has 2 rings (SSSR count). The van der Waals surface area contributed by atoms with Gasteiger partial charge in [-0.05, 0) is 37.8 Å². The van der Waals surface area contributed by atoms with Crippen molar-refractivity contribution in [3.8, 4) is 0 Å². The molecule has 1 nitrogen and oxygen atoms in total. The van der Waals surface area contributed by atoms with Crippen LogP contribution in [0.1, 0.15) is 25.0 Å². The molecule has 0 saturated heterocycles. The monoisotopic (exact) mass is 240 g/mol. The summed E-state index contributed by atoms with van der Waals surface area (Å²) in [6.07, 6.45) is 2.26. The lowest BCUT2D eigenvalue weighted by Gasteiger charge is -2.01. The van der Waals surface area contributed by atoms with E-state index in [0.29, 0.717) is 0 Å². The maximum Gasteiger partial charge on any atom is 0.126 e. The third-order valence-corrected chi connectivity index (χ3v) is 2.39. The highest BCUT2D eigenvalue weighted by Crippen LogP contribution is 2.06. The predicted octanol–water partition coefficient (Wildman–Crippen LogP) is 4.07. The molecule has 0 saturated carbocycles. The first-order chi connectivity index (χ1) is 8.68. The smallest absolute Gasteiger partial charge is 0.126 e. The van der Waals surface area contributed by atoms with E-state index in [2.05, 4.69) is 60.7 Å². The number of aryl methyl sites for hydroxylation is 2. The fourth-order valence-electron chi connectivity index (χ4n) is 1.58. The summed E-state index contributed by atoms with van der Waals surface area (Å²) in [5.74, 6) is 0.167. The molecule has 0 amide bonds. The molecule has 0 spiro atoms. The standard InChI is InChI=1S/C14H14.C3H6O/c1-3-7-13(8-4-1)11-12-14-9-5-2-6-10-14;1-3(2)4/h1-10H,11-12H2;1-2H3. The minimum atomic E-state index is 0.167. The van der Waals surface area contributed by atoms with Crippen LogP contribution in [0.25, 0.3) is 0 Å². The van der Waals surface area contributed by atoms with Gasteiger partial charge < -0.3 is 4.79 Å². The lowest BCUT2D eigenvalue weighted by atomic mass is 10.0. The van der Waals surface area contributed by atoms with E-state index in [-0.39, 0.29) is 5.78 Å². The quantitative estimate of drug-likeness (QED) is 0.790. The van der Waals surface area contributed by atoms with E-state index in [9.17, 15) is 4.79 Å². The van der Waals surface area contributed by atoms with E-state index in [1.54, 1.807) is 0 Å². The Morgan fingerprint density at radius 1 is 0.722 bits per heavy atom. The second kappa shape index (κ2) is 8.24. The van der Waals surface area contributed by atoms with Crippen LogP contribution in [-0.4, -0.2) is 5.78 Å². The molecule has 0 heterocycles. The summed E-state index contributed by atoms with van der Waals surface area (Å²) in [6, 6.07) is 21.2. The van der Waals surface area contributed by atoms with Gasteiger partial charge in [-0.3, -0.25) is 0 Å². The molecule has 0 aromatic heterocycles. The Kier molecular flexibility index (Phi) is 6.49. The maximum atomic E-state index is 9.44. The number of Topliss-reactive ketones (excluding diaryl/α,β-unsaturated/α-hetero) is 1. The van der Waals surface area contributed by atoms with Crippen molar-refractivity contribution in [3.63, 3.8) is 0 Å². The summed E-state index contributed by atoms with van der Waals surface area (Å²) in [7, 11) is 0. The van der Waals surface area contributed by atoms with Crippen molar-refractivity contribution in [2.45, 2.75) is 26.7 Å². The molecule has 0 unspecified atom stereocenters. The zero-order valence-electron chi connectivity index (χ0n) is 11.1. The van der Waals surface area contributed by atoms with Crippen molar-refractivity contribution in [2.24, 2.45) is 0 Å². The average molecular weight is 240 g/mol.